The molecule has 102 valence electrons. The summed E-state index contributed by atoms with van der Waals surface area (Å²) in [6.07, 6.45) is 10.7. The molecule has 5 aliphatic rings. The number of nitrogens with two attached hydrogens (primary N) is 1. The Balaban J connectivity index is 1.58. The summed E-state index contributed by atoms with van der Waals surface area (Å²) in [6, 6.07) is 0. The van der Waals surface area contributed by atoms with Gasteiger partial charge in [-0.05, 0) is 81.6 Å². The number of likely N-dealkylation sites (N-methyl/N-ethyl adjacent to an activating group) is 1. The van der Waals surface area contributed by atoms with Gasteiger partial charge in [0.15, 0.2) is 0 Å². The van der Waals surface area contributed by atoms with Crippen molar-refractivity contribution in [3.8, 4) is 0 Å². The second kappa shape index (κ2) is 3.96. The molecule has 0 aromatic rings. The van der Waals surface area contributed by atoms with E-state index in [1.165, 1.54) is 12.8 Å². The molecule has 0 radical (unpaired) electrons. The van der Waals surface area contributed by atoms with E-state index < -0.39 is 0 Å². The average molecular weight is 248 g/mol. The maximum Gasteiger partial charge on any atom is 0.0241 e. The zero-order valence-electron chi connectivity index (χ0n) is 11.8. The van der Waals surface area contributed by atoms with Crippen LogP contribution in [0.2, 0.25) is 0 Å². The molecule has 5 saturated carbocycles. The fourth-order valence-corrected chi connectivity index (χ4v) is 6.32. The van der Waals surface area contributed by atoms with Crippen molar-refractivity contribution in [2.75, 3.05) is 20.1 Å². The summed E-state index contributed by atoms with van der Waals surface area (Å²) in [5.74, 6) is 5.40. The molecule has 0 saturated heterocycles. The van der Waals surface area contributed by atoms with Crippen LogP contribution >= 0.6 is 0 Å². The third-order valence-electron chi connectivity index (χ3n) is 6.83. The van der Waals surface area contributed by atoms with Crippen molar-refractivity contribution in [1.82, 2.24) is 4.90 Å². The van der Waals surface area contributed by atoms with Crippen molar-refractivity contribution in [3.63, 3.8) is 0 Å². The minimum Gasteiger partial charge on any atom is -0.329 e. The van der Waals surface area contributed by atoms with Gasteiger partial charge in [-0.1, -0.05) is 0 Å². The molecule has 2 heteroatoms. The molecule has 0 atom stereocenters. The predicted molar refractivity (Wildman–Crippen MR) is 74.2 cm³/mol. The molecule has 0 spiro atoms. The van der Waals surface area contributed by atoms with Gasteiger partial charge in [-0.2, -0.15) is 0 Å². The highest BCUT2D eigenvalue weighted by Crippen LogP contribution is 2.64. The van der Waals surface area contributed by atoms with Crippen molar-refractivity contribution in [3.05, 3.63) is 0 Å². The minimum absolute atomic E-state index is 0.585. The van der Waals surface area contributed by atoms with Gasteiger partial charge in [-0.15, -0.1) is 0 Å². The normalized spacial score (nSPS) is 47.8. The Morgan fingerprint density at radius 1 is 1.00 bits per heavy atom. The Bertz CT molecular complexity index is 306. The van der Waals surface area contributed by atoms with Crippen LogP contribution in [0, 0.1) is 29.6 Å². The zero-order valence-corrected chi connectivity index (χ0v) is 11.8. The molecular weight excluding hydrogens is 220 g/mol. The highest BCUT2D eigenvalue weighted by atomic mass is 15.2. The first-order chi connectivity index (χ1) is 8.73. The summed E-state index contributed by atoms with van der Waals surface area (Å²) in [5, 5.41) is 0. The van der Waals surface area contributed by atoms with E-state index >= 15 is 0 Å². The Hall–Kier alpha value is -0.0800. The first kappa shape index (κ1) is 11.7. The van der Waals surface area contributed by atoms with Gasteiger partial charge in [0, 0.05) is 18.6 Å². The molecular formula is C16H28N2. The maximum absolute atomic E-state index is 5.79. The maximum atomic E-state index is 5.79. The molecule has 0 aliphatic heterocycles. The van der Waals surface area contributed by atoms with Gasteiger partial charge < -0.3 is 5.73 Å². The van der Waals surface area contributed by atoms with Gasteiger partial charge in [0.2, 0.25) is 0 Å². The summed E-state index contributed by atoms with van der Waals surface area (Å²) in [6.45, 7) is 1.92. The van der Waals surface area contributed by atoms with Gasteiger partial charge in [-0.3, -0.25) is 4.90 Å². The van der Waals surface area contributed by atoms with Crippen LogP contribution in [0.3, 0.4) is 0 Å². The lowest BCUT2D eigenvalue weighted by Crippen LogP contribution is -2.55. The van der Waals surface area contributed by atoms with E-state index in [2.05, 4.69) is 11.9 Å². The van der Waals surface area contributed by atoms with Crippen LogP contribution in [0.25, 0.3) is 0 Å². The van der Waals surface area contributed by atoms with Crippen LogP contribution in [0.1, 0.15) is 44.9 Å². The number of rotatable bonds is 4. The number of hydrogen-bond donors (Lipinski definition) is 1. The minimum atomic E-state index is 0.585. The molecule has 2 nitrogen and oxygen atoms in total. The second-order valence-corrected chi connectivity index (χ2v) is 7.77. The van der Waals surface area contributed by atoms with Crippen LogP contribution in [0.4, 0.5) is 0 Å². The van der Waals surface area contributed by atoms with E-state index in [0.717, 1.165) is 42.7 Å². The smallest absolute Gasteiger partial charge is 0.0241 e. The molecule has 4 bridgehead atoms. The quantitative estimate of drug-likeness (QED) is 0.828. The first-order valence-electron chi connectivity index (χ1n) is 8.14. The lowest BCUT2D eigenvalue weighted by atomic mass is 9.50. The highest BCUT2D eigenvalue weighted by Gasteiger charge is 2.61. The van der Waals surface area contributed by atoms with E-state index in [9.17, 15) is 0 Å². The third-order valence-corrected chi connectivity index (χ3v) is 6.83. The van der Waals surface area contributed by atoms with Crippen LogP contribution in [-0.2, 0) is 0 Å². The fourth-order valence-electron chi connectivity index (χ4n) is 6.32. The van der Waals surface area contributed by atoms with Crippen LogP contribution in [0.5, 0.6) is 0 Å². The van der Waals surface area contributed by atoms with Gasteiger partial charge >= 0.3 is 0 Å². The molecule has 0 heterocycles. The highest BCUT2D eigenvalue weighted by molar-refractivity contribution is 5.15. The summed E-state index contributed by atoms with van der Waals surface area (Å²) in [4.78, 5) is 2.64. The van der Waals surface area contributed by atoms with Crippen LogP contribution in [-0.4, -0.2) is 30.6 Å². The SMILES string of the molecule is CN(CCN)C1(C2C3CC4CC(C3)CC2C4)CC1. The van der Waals surface area contributed by atoms with Crippen molar-refractivity contribution in [1.29, 1.82) is 0 Å². The molecule has 0 amide bonds. The summed E-state index contributed by atoms with van der Waals surface area (Å²) in [5.41, 5.74) is 6.37. The zero-order chi connectivity index (χ0) is 12.3. The Morgan fingerprint density at radius 2 is 1.56 bits per heavy atom. The van der Waals surface area contributed by atoms with Crippen molar-refractivity contribution >= 4 is 0 Å². The van der Waals surface area contributed by atoms with Gasteiger partial charge in [0.05, 0.1) is 0 Å². The Kier molecular flexibility index (Phi) is 2.58. The van der Waals surface area contributed by atoms with Crippen molar-refractivity contribution < 1.29 is 0 Å². The van der Waals surface area contributed by atoms with Crippen LogP contribution < -0.4 is 5.73 Å². The van der Waals surface area contributed by atoms with Gasteiger partial charge in [0.25, 0.3) is 0 Å². The lowest BCUT2D eigenvalue weighted by molar-refractivity contribution is -0.0783. The predicted octanol–water partition coefficient (Wildman–Crippen LogP) is 2.48. The average Bonchev–Trinajstić information content (AvgIpc) is 3.09. The summed E-state index contributed by atoms with van der Waals surface area (Å²) >= 11 is 0. The van der Waals surface area contributed by atoms with Gasteiger partial charge in [0.1, 0.15) is 0 Å². The molecule has 0 unspecified atom stereocenters. The number of hydrogen-bond acceptors (Lipinski definition) is 2. The van der Waals surface area contributed by atoms with Crippen LogP contribution in [0.15, 0.2) is 0 Å². The standard InChI is InChI=1S/C16H28N2/c1-18(5-4-17)16(2-3-16)15-13-7-11-6-12(9-13)10-14(15)8-11/h11-15H,2-10,17H2,1H3. The van der Waals surface area contributed by atoms with Crippen molar-refractivity contribution in [2.24, 2.45) is 35.3 Å². The molecule has 0 aromatic carbocycles. The van der Waals surface area contributed by atoms with E-state index in [4.69, 9.17) is 5.73 Å². The Morgan fingerprint density at radius 3 is 2.00 bits per heavy atom. The summed E-state index contributed by atoms with van der Waals surface area (Å²) in [7, 11) is 2.34. The van der Waals surface area contributed by atoms with Crippen molar-refractivity contribution in [2.45, 2.75) is 50.5 Å². The molecule has 5 rings (SSSR count). The Labute approximate surface area is 111 Å². The second-order valence-electron chi connectivity index (χ2n) is 7.77. The molecule has 2 N–H and O–H groups in total. The molecule has 5 aliphatic carbocycles. The topological polar surface area (TPSA) is 29.3 Å². The molecule has 18 heavy (non-hydrogen) atoms. The number of nitrogens with zero attached hydrogens (tertiary/aromatic N) is 1. The monoisotopic (exact) mass is 248 g/mol. The molecule has 5 fully saturated rings. The van der Waals surface area contributed by atoms with E-state index in [1.54, 1.807) is 32.1 Å². The van der Waals surface area contributed by atoms with Gasteiger partial charge in [-0.25, -0.2) is 0 Å². The van der Waals surface area contributed by atoms with E-state index in [-0.39, 0.29) is 0 Å². The molecule has 0 aromatic heterocycles. The van der Waals surface area contributed by atoms with E-state index in [0.29, 0.717) is 5.54 Å². The lowest BCUT2D eigenvalue weighted by Gasteiger charge is -2.58. The fraction of sp³-hybridized carbons (Fsp3) is 1.00. The third kappa shape index (κ3) is 1.54. The largest absolute Gasteiger partial charge is 0.329 e. The first-order valence-corrected chi connectivity index (χ1v) is 8.14. The van der Waals surface area contributed by atoms with E-state index in [1.807, 2.05) is 0 Å². The summed E-state index contributed by atoms with van der Waals surface area (Å²) < 4.78 is 0.